The maximum atomic E-state index is 12.4. The number of carbonyl (C=O) groups is 1. The van der Waals surface area contributed by atoms with Crippen LogP contribution in [0.25, 0.3) is 0 Å². The number of amides is 1. The summed E-state index contributed by atoms with van der Waals surface area (Å²) >= 11 is 1.39. The van der Waals surface area contributed by atoms with Gasteiger partial charge in [0.25, 0.3) is 5.91 Å². The molecule has 0 unspecified atom stereocenters. The van der Waals surface area contributed by atoms with Crippen molar-refractivity contribution >= 4 is 17.7 Å². The van der Waals surface area contributed by atoms with Gasteiger partial charge in [0.1, 0.15) is 5.69 Å². The molecule has 0 atom stereocenters. The molecule has 128 valence electrons. The standard InChI is InChI=1S/C17H18N6OS/c1-11-14(12(2)23(3)22-11)10-21-16(24)15-9-13(5-8-18-15)25-17-19-6-4-7-20-17/h4-9H,10H2,1-3H3,(H,21,24). The zero-order chi connectivity index (χ0) is 17.8. The van der Waals surface area contributed by atoms with Crippen LogP contribution in [0.3, 0.4) is 0 Å². The van der Waals surface area contributed by atoms with Gasteiger partial charge in [-0.25, -0.2) is 9.97 Å². The summed E-state index contributed by atoms with van der Waals surface area (Å²) in [6.07, 6.45) is 4.98. The van der Waals surface area contributed by atoms with Crippen LogP contribution in [0.5, 0.6) is 0 Å². The Morgan fingerprint density at radius 1 is 1.20 bits per heavy atom. The summed E-state index contributed by atoms with van der Waals surface area (Å²) in [4.78, 5) is 25.8. The molecule has 0 spiro atoms. The van der Waals surface area contributed by atoms with Crippen molar-refractivity contribution in [3.8, 4) is 0 Å². The molecular formula is C17H18N6OS. The molecule has 1 N–H and O–H groups in total. The first kappa shape index (κ1) is 17.1. The molecule has 0 radical (unpaired) electrons. The largest absolute Gasteiger partial charge is 0.346 e. The highest BCUT2D eigenvalue weighted by Gasteiger charge is 2.13. The van der Waals surface area contributed by atoms with E-state index >= 15 is 0 Å². The van der Waals surface area contributed by atoms with E-state index in [4.69, 9.17) is 0 Å². The van der Waals surface area contributed by atoms with Gasteiger partial charge in [-0.2, -0.15) is 5.10 Å². The molecule has 7 nitrogen and oxygen atoms in total. The van der Waals surface area contributed by atoms with Crippen LogP contribution >= 0.6 is 11.8 Å². The van der Waals surface area contributed by atoms with Crippen LogP contribution in [0.2, 0.25) is 0 Å². The lowest BCUT2D eigenvalue weighted by Gasteiger charge is -2.06. The van der Waals surface area contributed by atoms with Gasteiger partial charge in [0.05, 0.1) is 5.69 Å². The molecule has 0 aliphatic rings. The van der Waals surface area contributed by atoms with Crippen molar-refractivity contribution in [2.45, 2.75) is 30.4 Å². The van der Waals surface area contributed by atoms with E-state index in [-0.39, 0.29) is 5.91 Å². The predicted octanol–water partition coefficient (Wildman–Crippen LogP) is 2.30. The summed E-state index contributed by atoms with van der Waals surface area (Å²) in [7, 11) is 1.89. The smallest absolute Gasteiger partial charge is 0.270 e. The Bertz CT molecular complexity index is 893. The van der Waals surface area contributed by atoms with Gasteiger partial charge < -0.3 is 5.32 Å². The number of hydrogen-bond donors (Lipinski definition) is 1. The summed E-state index contributed by atoms with van der Waals surface area (Å²) in [6.45, 7) is 4.34. The van der Waals surface area contributed by atoms with Crippen LogP contribution in [-0.4, -0.2) is 30.6 Å². The molecule has 1 amide bonds. The molecule has 8 heteroatoms. The minimum atomic E-state index is -0.223. The number of carbonyl (C=O) groups excluding carboxylic acids is 1. The normalized spacial score (nSPS) is 10.7. The molecule has 0 aliphatic carbocycles. The first-order valence-corrected chi connectivity index (χ1v) is 8.54. The number of aromatic nitrogens is 5. The third kappa shape index (κ3) is 4.03. The van der Waals surface area contributed by atoms with Crippen LogP contribution in [0, 0.1) is 13.8 Å². The topological polar surface area (TPSA) is 85.6 Å². The molecule has 0 bridgehead atoms. The number of rotatable bonds is 5. The Kier molecular flexibility index (Phi) is 5.08. The molecule has 3 aromatic heterocycles. The Hall–Kier alpha value is -2.74. The van der Waals surface area contributed by atoms with Crippen molar-refractivity contribution in [3.63, 3.8) is 0 Å². The van der Waals surface area contributed by atoms with Gasteiger partial charge in [-0.1, -0.05) is 0 Å². The second-order valence-electron chi connectivity index (χ2n) is 5.47. The molecule has 0 fully saturated rings. The first-order valence-electron chi connectivity index (χ1n) is 7.73. The highest BCUT2D eigenvalue weighted by Crippen LogP contribution is 2.23. The van der Waals surface area contributed by atoms with Crippen LogP contribution in [0.15, 0.2) is 46.8 Å². The zero-order valence-electron chi connectivity index (χ0n) is 14.2. The number of aryl methyl sites for hydroxylation is 2. The van der Waals surface area contributed by atoms with Crippen LogP contribution in [0.4, 0.5) is 0 Å². The van der Waals surface area contributed by atoms with Crippen LogP contribution < -0.4 is 5.32 Å². The maximum Gasteiger partial charge on any atom is 0.270 e. The van der Waals surface area contributed by atoms with Gasteiger partial charge in [-0.05, 0) is 43.8 Å². The minimum Gasteiger partial charge on any atom is -0.346 e. The number of hydrogen-bond acceptors (Lipinski definition) is 6. The summed E-state index contributed by atoms with van der Waals surface area (Å²) in [5, 5.41) is 7.89. The van der Waals surface area contributed by atoms with Crippen molar-refractivity contribution in [2.75, 3.05) is 0 Å². The van der Waals surface area contributed by atoms with Gasteiger partial charge in [0.2, 0.25) is 0 Å². The molecule has 0 saturated heterocycles. The Morgan fingerprint density at radius 3 is 2.64 bits per heavy atom. The van der Waals surface area contributed by atoms with E-state index in [2.05, 4.69) is 25.4 Å². The monoisotopic (exact) mass is 354 g/mol. The third-order valence-electron chi connectivity index (χ3n) is 3.80. The SMILES string of the molecule is Cc1nn(C)c(C)c1CNC(=O)c1cc(Sc2ncccn2)ccn1. The predicted molar refractivity (Wildman–Crippen MR) is 94.2 cm³/mol. The van der Waals surface area contributed by atoms with Crippen LogP contribution in [0.1, 0.15) is 27.4 Å². The lowest BCUT2D eigenvalue weighted by molar-refractivity contribution is 0.0945. The highest BCUT2D eigenvalue weighted by molar-refractivity contribution is 7.99. The van der Waals surface area contributed by atoms with E-state index in [0.29, 0.717) is 17.4 Å². The van der Waals surface area contributed by atoms with Crippen molar-refractivity contribution < 1.29 is 4.79 Å². The zero-order valence-corrected chi connectivity index (χ0v) is 15.0. The molecule has 3 heterocycles. The van der Waals surface area contributed by atoms with Gasteiger partial charge in [-0.15, -0.1) is 0 Å². The summed E-state index contributed by atoms with van der Waals surface area (Å²) < 4.78 is 1.81. The van der Waals surface area contributed by atoms with Gasteiger partial charge >= 0.3 is 0 Å². The molecule has 0 aliphatic heterocycles. The third-order valence-corrected chi connectivity index (χ3v) is 4.68. The highest BCUT2D eigenvalue weighted by atomic mass is 32.2. The van der Waals surface area contributed by atoms with Crippen molar-refractivity contribution in [1.82, 2.24) is 30.0 Å². The summed E-state index contributed by atoms with van der Waals surface area (Å²) in [5.41, 5.74) is 3.34. The average molecular weight is 354 g/mol. The van der Waals surface area contributed by atoms with Crippen molar-refractivity contribution in [2.24, 2.45) is 7.05 Å². The maximum absolute atomic E-state index is 12.4. The summed E-state index contributed by atoms with van der Waals surface area (Å²) in [5.74, 6) is -0.223. The molecule has 0 saturated carbocycles. The first-order chi connectivity index (χ1) is 12.0. The van der Waals surface area contributed by atoms with Gasteiger partial charge in [0, 0.05) is 48.3 Å². The van der Waals surface area contributed by atoms with E-state index in [9.17, 15) is 4.79 Å². The Labute approximate surface area is 149 Å². The molecule has 3 aromatic rings. The lowest BCUT2D eigenvalue weighted by Crippen LogP contribution is -2.24. The second kappa shape index (κ2) is 7.43. The fourth-order valence-electron chi connectivity index (χ4n) is 2.37. The second-order valence-corrected chi connectivity index (χ2v) is 6.51. The van der Waals surface area contributed by atoms with E-state index in [0.717, 1.165) is 21.8 Å². The number of pyridine rings is 1. The molecule has 0 aromatic carbocycles. The fourth-order valence-corrected chi connectivity index (χ4v) is 3.11. The Balaban J connectivity index is 1.69. The van der Waals surface area contributed by atoms with Crippen molar-refractivity contribution in [1.29, 1.82) is 0 Å². The number of nitrogens with zero attached hydrogens (tertiary/aromatic N) is 5. The summed E-state index contributed by atoms with van der Waals surface area (Å²) in [6, 6.07) is 5.32. The van der Waals surface area contributed by atoms with E-state index in [1.54, 1.807) is 30.7 Å². The van der Waals surface area contributed by atoms with E-state index < -0.39 is 0 Å². The molecule has 25 heavy (non-hydrogen) atoms. The fraction of sp³-hybridized carbons (Fsp3) is 0.235. The number of nitrogens with one attached hydrogen (secondary N) is 1. The van der Waals surface area contributed by atoms with E-state index in [1.807, 2.05) is 31.6 Å². The molecular weight excluding hydrogens is 336 g/mol. The van der Waals surface area contributed by atoms with Gasteiger partial charge in [-0.3, -0.25) is 14.5 Å². The van der Waals surface area contributed by atoms with Crippen molar-refractivity contribution in [3.05, 3.63) is 59.4 Å². The Morgan fingerprint density at radius 2 is 1.96 bits per heavy atom. The van der Waals surface area contributed by atoms with Gasteiger partial charge in [0.15, 0.2) is 5.16 Å². The minimum absolute atomic E-state index is 0.223. The quantitative estimate of drug-likeness (QED) is 0.708. The molecule has 3 rings (SSSR count). The van der Waals surface area contributed by atoms with E-state index in [1.165, 1.54) is 11.8 Å². The average Bonchev–Trinajstić information content (AvgIpc) is 2.86. The lowest BCUT2D eigenvalue weighted by atomic mass is 10.2. The van der Waals surface area contributed by atoms with Crippen LogP contribution in [-0.2, 0) is 13.6 Å².